The zero-order valence-corrected chi connectivity index (χ0v) is 11.3. The maximum Gasteiger partial charge on any atom is 0.303 e. The van der Waals surface area contributed by atoms with Crippen molar-refractivity contribution < 1.29 is 14.7 Å². The summed E-state index contributed by atoms with van der Waals surface area (Å²) < 4.78 is 0. The number of amides is 1. The minimum absolute atomic E-state index is 0.115. The fourth-order valence-corrected chi connectivity index (χ4v) is 3.49. The van der Waals surface area contributed by atoms with E-state index in [0.29, 0.717) is 18.3 Å². The Kier molecular flexibility index (Phi) is 3.47. The van der Waals surface area contributed by atoms with Crippen LogP contribution in [0.1, 0.15) is 31.2 Å². The Labute approximate surface area is 118 Å². The molecule has 1 amide bonds. The molecule has 0 bridgehead atoms. The van der Waals surface area contributed by atoms with Crippen molar-refractivity contribution in [3.8, 4) is 0 Å². The molecule has 0 radical (unpaired) electrons. The first-order valence-corrected chi connectivity index (χ1v) is 7.27. The number of carbonyl (C=O) groups is 2. The lowest BCUT2D eigenvalue weighted by Gasteiger charge is -2.08. The van der Waals surface area contributed by atoms with E-state index in [-0.39, 0.29) is 18.2 Å². The summed E-state index contributed by atoms with van der Waals surface area (Å²) in [4.78, 5) is 22.7. The zero-order chi connectivity index (χ0) is 14.1. The van der Waals surface area contributed by atoms with Crippen LogP contribution < -0.4 is 5.32 Å². The standard InChI is InChI=1S/C16H19NO3/c18-14(19)8-7-10-3-1-4-11(9-10)17-16(20)15-12-5-2-6-13(12)15/h1,3-4,9,12-13,15H,2,5-8H2,(H,17,20)(H,18,19). The number of nitrogens with one attached hydrogen (secondary N) is 1. The van der Waals surface area contributed by atoms with E-state index in [2.05, 4.69) is 5.32 Å². The highest BCUT2D eigenvalue weighted by atomic mass is 16.4. The third-order valence-corrected chi connectivity index (χ3v) is 4.53. The molecule has 2 aliphatic carbocycles. The Bertz CT molecular complexity index is 530. The summed E-state index contributed by atoms with van der Waals surface area (Å²) in [6, 6.07) is 7.49. The summed E-state index contributed by atoms with van der Waals surface area (Å²) in [6.07, 6.45) is 4.27. The van der Waals surface area contributed by atoms with Gasteiger partial charge in [-0.1, -0.05) is 18.6 Å². The third kappa shape index (κ3) is 2.69. The van der Waals surface area contributed by atoms with Gasteiger partial charge in [0.15, 0.2) is 0 Å². The molecule has 2 unspecified atom stereocenters. The molecule has 0 saturated heterocycles. The number of carboxylic acids is 1. The van der Waals surface area contributed by atoms with E-state index in [0.717, 1.165) is 11.3 Å². The minimum atomic E-state index is -0.801. The summed E-state index contributed by atoms with van der Waals surface area (Å²) in [6.45, 7) is 0. The van der Waals surface area contributed by atoms with Crippen LogP contribution in [-0.4, -0.2) is 17.0 Å². The molecule has 4 heteroatoms. The number of carboxylic acid groups (broad SMARTS) is 1. The van der Waals surface area contributed by atoms with Crippen molar-refractivity contribution in [1.82, 2.24) is 0 Å². The number of fused-ring (bicyclic) bond motifs is 1. The number of carbonyl (C=O) groups excluding carboxylic acids is 1. The van der Waals surface area contributed by atoms with E-state index in [1.165, 1.54) is 19.3 Å². The van der Waals surface area contributed by atoms with Gasteiger partial charge in [-0.05, 0) is 48.8 Å². The van der Waals surface area contributed by atoms with Crippen LogP contribution in [0.5, 0.6) is 0 Å². The van der Waals surface area contributed by atoms with Crippen LogP contribution in [0.15, 0.2) is 24.3 Å². The molecule has 0 aliphatic heterocycles. The maximum absolute atomic E-state index is 12.2. The summed E-state index contributed by atoms with van der Waals surface area (Å²) in [5.74, 6) is 0.780. The normalized spacial score (nSPS) is 26.9. The van der Waals surface area contributed by atoms with E-state index in [4.69, 9.17) is 5.11 Å². The monoisotopic (exact) mass is 273 g/mol. The number of anilines is 1. The molecule has 4 nitrogen and oxygen atoms in total. The second kappa shape index (κ2) is 5.27. The lowest BCUT2D eigenvalue weighted by molar-refractivity contribution is -0.137. The Morgan fingerprint density at radius 3 is 2.70 bits per heavy atom. The first kappa shape index (κ1) is 13.2. The van der Waals surface area contributed by atoms with E-state index < -0.39 is 5.97 Å². The van der Waals surface area contributed by atoms with Crippen LogP contribution in [0.2, 0.25) is 0 Å². The van der Waals surface area contributed by atoms with Gasteiger partial charge in [-0.3, -0.25) is 9.59 Å². The Morgan fingerprint density at radius 2 is 2.00 bits per heavy atom. The van der Waals surface area contributed by atoms with Crippen molar-refractivity contribution >= 4 is 17.6 Å². The fourth-order valence-electron chi connectivity index (χ4n) is 3.49. The molecule has 20 heavy (non-hydrogen) atoms. The second-order valence-electron chi connectivity index (χ2n) is 5.87. The van der Waals surface area contributed by atoms with Gasteiger partial charge in [0.2, 0.25) is 5.91 Å². The Balaban J connectivity index is 1.58. The van der Waals surface area contributed by atoms with Crippen molar-refractivity contribution in [1.29, 1.82) is 0 Å². The van der Waals surface area contributed by atoms with Crippen molar-refractivity contribution in [2.75, 3.05) is 5.32 Å². The number of benzene rings is 1. The summed E-state index contributed by atoms with van der Waals surface area (Å²) in [5, 5.41) is 11.7. The number of aryl methyl sites for hydroxylation is 1. The quantitative estimate of drug-likeness (QED) is 0.866. The number of hydrogen-bond acceptors (Lipinski definition) is 2. The molecule has 0 aromatic heterocycles. The third-order valence-electron chi connectivity index (χ3n) is 4.53. The molecule has 1 aromatic carbocycles. The Hall–Kier alpha value is -1.84. The average Bonchev–Trinajstić information content (AvgIpc) is 2.91. The van der Waals surface area contributed by atoms with Gasteiger partial charge in [-0.25, -0.2) is 0 Å². The molecule has 2 saturated carbocycles. The van der Waals surface area contributed by atoms with E-state index >= 15 is 0 Å². The van der Waals surface area contributed by atoms with Crippen molar-refractivity contribution in [3.63, 3.8) is 0 Å². The van der Waals surface area contributed by atoms with Gasteiger partial charge in [0.1, 0.15) is 0 Å². The molecule has 106 valence electrons. The smallest absolute Gasteiger partial charge is 0.303 e. The summed E-state index contributed by atoms with van der Waals surface area (Å²) in [5.41, 5.74) is 1.73. The molecule has 2 atom stereocenters. The zero-order valence-electron chi connectivity index (χ0n) is 11.3. The summed E-state index contributed by atoms with van der Waals surface area (Å²) >= 11 is 0. The van der Waals surface area contributed by atoms with Gasteiger partial charge in [0.25, 0.3) is 0 Å². The van der Waals surface area contributed by atoms with Crippen LogP contribution >= 0.6 is 0 Å². The molecular formula is C16H19NO3. The SMILES string of the molecule is O=C(O)CCc1cccc(NC(=O)C2C3CCCC32)c1. The molecular weight excluding hydrogens is 254 g/mol. The van der Waals surface area contributed by atoms with E-state index in [1.807, 2.05) is 24.3 Å². The molecule has 3 rings (SSSR count). The van der Waals surface area contributed by atoms with Crippen molar-refractivity contribution in [2.24, 2.45) is 17.8 Å². The number of rotatable bonds is 5. The second-order valence-corrected chi connectivity index (χ2v) is 5.87. The molecule has 1 aromatic rings. The highest BCUT2D eigenvalue weighted by Crippen LogP contribution is 2.57. The fraction of sp³-hybridized carbons (Fsp3) is 0.500. The molecule has 0 heterocycles. The van der Waals surface area contributed by atoms with Gasteiger partial charge in [-0.15, -0.1) is 0 Å². The average molecular weight is 273 g/mol. The number of hydrogen-bond donors (Lipinski definition) is 2. The van der Waals surface area contributed by atoms with E-state index in [1.54, 1.807) is 0 Å². The predicted molar refractivity (Wildman–Crippen MR) is 75.3 cm³/mol. The van der Waals surface area contributed by atoms with Crippen LogP contribution in [0.25, 0.3) is 0 Å². The minimum Gasteiger partial charge on any atom is -0.481 e. The van der Waals surface area contributed by atoms with Gasteiger partial charge in [-0.2, -0.15) is 0 Å². The highest BCUT2D eigenvalue weighted by molar-refractivity contribution is 5.95. The van der Waals surface area contributed by atoms with E-state index in [9.17, 15) is 9.59 Å². The van der Waals surface area contributed by atoms with Crippen LogP contribution in [0, 0.1) is 17.8 Å². The lowest BCUT2D eigenvalue weighted by atomic mass is 10.1. The first-order chi connectivity index (χ1) is 9.65. The first-order valence-electron chi connectivity index (χ1n) is 7.27. The topological polar surface area (TPSA) is 66.4 Å². The van der Waals surface area contributed by atoms with Crippen molar-refractivity contribution in [3.05, 3.63) is 29.8 Å². The predicted octanol–water partition coefficient (Wildman–Crippen LogP) is 2.69. The molecule has 0 spiro atoms. The molecule has 2 fully saturated rings. The van der Waals surface area contributed by atoms with Crippen LogP contribution in [0.4, 0.5) is 5.69 Å². The van der Waals surface area contributed by atoms with Gasteiger partial charge in [0, 0.05) is 18.0 Å². The van der Waals surface area contributed by atoms with Crippen LogP contribution in [-0.2, 0) is 16.0 Å². The lowest BCUT2D eigenvalue weighted by Crippen LogP contribution is -2.16. The maximum atomic E-state index is 12.2. The van der Waals surface area contributed by atoms with Gasteiger partial charge < -0.3 is 10.4 Å². The number of aliphatic carboxylic acids is 1. The van der Waals surface area contributed by atoms with Crippen molar-refractivity contribution in [2.45, 2.75) is 32.1 Å². The molecule has 2 aliphatic rings. The van der Waals surface area contributed by atoms with Gasteiger partial charge >= 0.3 is 5.97 Å². The largest absolute Gasteiger partial charge is 0.481 e. The van der Waals surface area contributed by atoms with Gasteiger partial charge in [0.05, 0.1) is 0 Å². The highest BCUT2D eigenvalue weighted by Gasteiger charge is 2.56. The van der Waals surface area contributed by atoms with Crippen LogP contribution in [0.3, 0.4) is 0 Å². The summed E-state index contributed by atoms with van der Waals surface area (Å²) in [7, 11) is 0. The molecule has 2 N–H and O–H groups in total. The Morgan fingerprint density at radius 1 is 1.25 bits per heavy atom.